The fourth-order valence-corrected chi connectivity index (χ4v) is 2.21. The molecule has 2 atom stereocenters. The van der Waals surface area contributed by atoms with E-state index in [2.05, 4.69) is 0 Å². The summed E-state index contributed by atoms with van der Waals surface area (Å²) >= 11 is 0. The van der Waals surface area contributed by atoms with Gasteiger partial charge in [-0.3, -0.25) is 0 Å². The first-order chi connectivity index (χ1) is 7.81. The molecule has 0 saturated carbocycles. The van der Waals surface area contributed by atoms with Crippen molar-refractivity contribution in [2.24, 2.45) is 5.92 Å². The zero-order chi connectivity index (χ0) is 11.0. The Kier molecular flexibility index (Phi) is 2.46. The Balaban J connectivity index is 1.71. The fourth-order valence-electron chi connectivity index (χ4n) is 2.21. The van der Waals surface area contributed by atoms with Crippen molar-refractivity contribution in [2.45, 2.75) is 19.1 Å². The summed E-state index contributed by atoms with van der Waals surface area (Å²) in [6, 6.07) is 5.98. The van der Waals surface area contributed by atoms with Crippen molar-refractivity contribution in [1.82, 2.24) is 0 Å². The van der Waals surface area contributed by atoms with Gasteiger partial charge in [0.2, 0.25) is 6.79 Å². The third-order valence-electron chi connectivity index (χ3n) is 3.02. The molecule has 3 rings (SSSR count). The smallest absolute Gasteiger partial charge is 0.231 e. The van der Waals surface area contributed by atoms with Crippen LogP contribution < -0.4 is 9.47 Å². The molecule has 2 aliphatic heterocycles. The molecular weight excluding hydrogens is 208 g/mol. The second-order valence-corrected chi connectivity index (χ2v) is 4.28. The van der Waals surface area contributed by atoms with Crippen LogP contribution in [0.5, 0.6) is 11.5 Å². The molecule has 0 aliphatic carbocycles. The highest BCUT2D eigenvalue weighted by atomic mass is 16.7. The summed E-state index contributed by atoms with van der Waals surface area (Å²) in [4.78, 5) is 0. The van der Waals surface area contributed by atoms with Gasteiger partial charge in [0, 0.05) is 6.42 Å². The van der Waals surface area contributed by atoms with E-state index in [1.54, 1.807) is 0 Å². The highest BCUT2D eigenvalue weighted by Gasteiger charge is 2.24. The predicted molar refractivity (Wildman–Crippen MR) is 56.3 cm³/mol. The number of rotatable bonds is 2. The van der Waals surface area contributed by atoms with Gasteiger partial charge in [0.15, 0.2) is 17.8 Å². The highest BCUT2D eigenvalue weighted by Crippen LogP contribution is 2.33. The van der Waals surface area contributed by atoms with E-state index < -0.39 is 6.29 Å². The van der Waals surface area contributed by atoms with E-state index in [-0.39, 0.29) is 0 Å². The minimum atomic E-state index is -0.584. The first-order valence-electron chi connectivity index (χ1n) is 5.49. The summed E-state index contributed by atoms with van der Waals surface area (Å²) in [7, 11) is 0. The van der Waals surface area contributed by atoms with Gasteiger partial charge in [0.25, 0.3) is 0 Å². The molecular formula is C12H14O4. The molecule has 1 fully saturated rings. The van der Waals surface area contributed by atoms with Crippen molar-refractivity contribution < 1.29 is 19.3 Å². The lowest BCUT2D eigenvalue weighted by Crippen LogP contribution is -2.04. The first-order valence-corrected chi connectivity index (χ1v) is 5.49. The van der Waals surface area contributed by atoms with Gasteiger partial charge in [0.05, 0.1) is 6.61 Å². The Morgan fingerprint density at radius 1 is 1.25 bits per heavy atom. The average molecular weight is 222 g/mol. The number of ether oxygens (including phenoxy) is 3. The van der Waals surface area contributed by atoms with E-state index >= 15 is 0 Å². The van der Waals surface area contributed by atoms with Crippen molar-refractivity contribution in [3.63, 3.8) is 0 Å². The molecule has 1 aromatic carbocycles. The molecule has 2 aliphatic rings. The van der Waals surface area contributed by atoms with Gasteiger partial charge in [-0.2, -0.15) is 0 Å². The predicted octanol–water partition coefficient (Wildman–Crippen LogP) is 1.31. The Bertz CT molecular complexity index is 391. The molecule has 0 aromatic heterocycles. The molecule has 0 spiro atoms. The monoisotopic (exact) mass is 222 g/mol. The maximum absolute atomic E-state index is 9.27. The summed E-state index contributed by atoms with van der Waals surface area (Å²) in [6.45, 7) is 0.944. The summed E-state index contributed by atoms with van der Waals surface area (Å²) < 4.78 is 15.7. The lowest BCUT2D eigenvalue weighted by molar-refractivity contribution is -0.0591. The highest BCUT2D eigenvalue weighted by molar-refractivity contribution is 5.44. The standard InChI is InChI=1S/C12H14O4/c13-12-5-9(6-14-12)3-8-1-2-10-11(4-8)16-7-15-10/h1-2,4,9,12-13H,3,5-7H2/t9-,12?/m1/s1. The van der Waals surface area contributed by atoms with E-state index in [1.807, 2.05) is 18.2 Å². The van der Waals surface area contributed by atoms with Crippen molar-refractivity contribution in [1.29, 1.82) is 0 Å². The van der Waals surface area contributed by atoms with Crippen molar-refractivity contribution in [3.05, 3.63) is 23.8 Å². The molecule has 1 unspecified atom stereocenters. The normalized spacial score (nSPS) is 27.3. The van der Waals surface area contributed by atoms with Gasteiger partial charge >= 0.3 is 0 Å². The van der Waals surface area contributed by atoms with Gasteiger partial charge < -0.3 is 19.3 Å². The van der Waals surface area contributed by atoms with Gasteiger partial charge in [0.1, 0.15) is 0 Å². The van der Waals surface area contributed by atoms with Gasteiger partial charge in [-0.25, -0.2) is 0 Å². The van der Waals surface area contributed by atoms with Crippen molar-refractivity contribution in [3.8, 4) is 11.5 Å². The second-order valence-electron chi connectivity index (χ2n) is 4.28. The average Bonchev–Trinajstić information content (AvgIpc) is 2.87. The van der Waals surface area contributed by atoms with Crippen molar-refractivity contribution in [2.75, 3.05) is 13.4 Å². The topological polar surface area (TPSA) is 47.9 Å². The zero-order valence-corrected chi connectivity index (χ0v) is 8.89. The van der Waals surface area contributed by atoms with Gasteiger partial charge in [-0.15, -0.1) is 0 Å². The zero-order valence-electron chi connectivity index (χ0n) is 8.89. The summed E-state index contributed by atoms with van der Waals surface area (Å²) in [5.41, 5.74) is 1.20. The van der Waals surface area contributed by atoms with E-state index in [4.69, 9.17) is 14.2 Å². The molecule has 0 amide bonds. The maximum atomic E-state index is 9.27. The SMILES string of the molecule is OC1C[C@@H](Cc2ccc3c(c2)OCO3)CO1. The van der Waals surface area contributed by atoms with E-state index in [0.29, 0.717) is 25.7 Å². The van der Waals surface area contributed by atoms with Crippen LogP contribution in [0.1, 0.15) is 12.0 Å². The first kappa shape index (κ1) is 9.93. The largest absolute Gasteiger partial charge is 0.454 e. The van der Waals surface area contributed by atoms with E-state index in [9.17, 15) is 5.11 Å². The van der Waals surface area contributed by atoms with E-state index in [1.165, 1.54) is 5.56 Å². The molecule has 1 aromatic rings. The number of hydrogen-bond donors (Lipinski definition) is 1. The molecule has 86 valence electrons. The summed E-state index contributed by atoms with van der Waals surface area (Å²) in [6.07, 6.45) is 1.04. The Labute approximate surface area is 93.7 Å². The Hall–Kier alpha value is -1.26. The summed E-state index contributed by atoms with van der Waals surface area (Å²) in [5.74, 6) is 2.03. The quantitative estimate of drug-likeness (QED) is 0.819. The molecule has 1 saturated heterocycles. The number of benzene rings is 1. The second kappa shape index (κ2) is 3.96. The number of fused-ring (bicyclic) bond motifs is 1. The van der Waals surface area contributed by atoms with Crippen LogP contribution in [0.15, 0.2) is 18.2 Å². The minimum Gasteiger partial charge on any atom is -0.454 e. The summed E-state index contributed by atoms with van der Waals surface area (Å²) in [5, 5.41) is 9.27. The van der Waals surface area contributed by atoms with E-state index in [0.717, 1.165) is 17.9 Å². The minimum absolute atomic E-state index is 0.310. The van der Waals surface area contributed by atoms with Crippen LogP contribution in [0.2, 0.25) is 0 Å². The Morgan fingerprint density at radius 2 is 2.12 bits per heavy atom. The van der Waals surface area contributed by atoms with Crippen LogP contribution in [0, 0.1) is 5.92 Å². The fraction of sp³-hybridized carbons (Fsp3) is 0.500. The maximum Gasteiger partial charge on any atom is 0.231 e. The molecule has 16 heavy (non-hydrogen) atoms. The Morgan fingerprint density at radius 3 is 2.94 bits per heavy atom. The van der Waals surface area contributed by atoms with Crippen LogP contribution in [0.4, 0.5) is 0 Å². The number of hydrogen-bond acceptors (Lipinski definition) is 4. The number of aliphatic hydroxyl groups excluding tert-OH is 1. The molecule has 4 heteroatoms. The van der Waals surface area contributed by atoms with Crippen LogP contribution in [-0.2, 0) is 11.2 Å². The molecule has 0 bridgehead atoms. The molecule has 4 nitrogen and oxygen atoms in total. The van der Waals surface area contributed by atoms with Crippen LogP contribution in [0.3, 0.4) is 0 Å². The van der Waals surface area contributed by atoms with Crippen LogP contribution in [-0.4, -0.2) is 24.8 Å². The lowest BCUT2D eigenvalue weighted by atomic mass is 9.98. The third-order valence-corrected chi connectivity index (χ3v) is 3.02. The molecule has 0 radical (unpaired) electrons. The van der Waals surface area contributed by atoms with Gasteiger partial charge in [-0.05, 0) is 30.0 Å². The van der Waals surface area contributed by atoms with Crippen LogP contribution in [0.25, 0.3) is 0 Å². The molecule has 2 heterocycles. The lowest BCUT2D eigenvalue weighted by Gasteiger charge is -2.07. The van der Waals surface area contributed by atoms with Gasteiger partial charge in [-0.1, -0.05) is 6.07 Å². The molecule has 1 N–H and O–H groups in total. The third kappa shape index (κ3) is 1.86. The van der Waals surface area contributed by atoms with Crippen LogP contribution >= 0.6 is 0 Å². The number of aliphatic hydroxyl groups is 1. The van der Waals surface area contributed by atoms with Crippen molar-refractivity contribution >= 4 is 0 Å².